The predicted octanol–water partition coefficient (Wildman–Crippen LogP) is 2.90. The monoisotopic (exact) mass is 250 g/mol. The number of nitrogens with zero attached hydrogens (tertiary/aromatic N) is 2. The van der Waals surface area contributed by atoms with Gasteiger partial charge in [0.2, 0.25) is 0 Å². The van der Waals surface area contributed by atoms with E-state index in [9.17, 15) is 4.79 Å². The molecule has 0 radical (unpaired) electrons. The predicted molar refractivity (Wildman–Crippen MR) is 68.9 cm³/mol. The largest absolute Gasteiger partial charge is 0.445 e. The van der Waals surface area contributed by atoms with Gasteiger partial charge in [-0.15, -0.1) is 0 Å². The van der Waals surface area contributed by atoms with Gasteiger partial charge in [0.15, 0.2) is 0 Å². The molecule has 2 rings (SSSR count). The van der Waals surface area contributed by atoms with Crippen molar-refractivity contribution in [2.75, 3.05) is 5.88 Å². The summed E-state index contributed by atoms with van der Waals surface area (Å²) in [5.74, 6) is 0.510. The second-order valence-electron chi connectivity index (χ2n) is 3.88. The molecule has 0 atom stereocenters. The van der Waals surface area contributed by atoms with Gasteiger partial charge in [0.1, 0.15) is 5.04 Å². The van der Waals surface area contributed by atoms with Crippen molar-refractivity contribution in [2.24, 2.45) is 5.10 Å². The Balaban J connectivity index is 2.07. The standard InChI is InChI=1S/C12H14N2O2S/c1-9(2)16-12(15)14-8-17-11(13-14)10-6-4-3-5-7-10/h3-7,9H,8H2,1-2H3. The minimum Gasteiger partial charge on any atom is -0.445 e. The molecular weight excluding hydrogens is 236 g/mol. The van der Waals surface area contributed by atoms with Crippen molar-refractivity contribution in [1.82, 2.24) is 5.01 Å². The van der Waals surface area contributed by atoms with Crippen LogP contribution in [0.25, 0.3) is 0 Å². The normalized spacial score (nSPS) is 15.0. The van der Waals surface area contributed by atoms with Gasteiger partial charge in [-0.05, 0) is 13.8 Å². The lowest BCUT2D eigenvalue weighted by Gasteiger charge is -2.13. The lowest BCUT2D eigenvalue weighted by molar-refractivity contribution is 0.0841. The Morgan fingerprint density at radius 3 is 2.76 bits per heavy atom. The Morgan fingerprint density at radius 1 is 1.41 bits per heavy atom. The molecule has 17 heavy (non-hydrogen) atoms. The summed E-state index contributed by atoms with van der Waals surface area (Å²) in [5, 5.41) is 6.46. The van der Waals surface area contributed by atoms with Gasteiger partial charge in [-0.25, -0.2) is 4.79 Å². The smallest absolute Gasteiger partial charge is 0.431 e. The van der Waals surface area contributed by atoms with Gasteiger partial charge >= 0.3 is 6.09 Å². The summed E-state index contributed by atoms with van der Waals surface area (Å²) in [4.78, 5) is 11.6. The summed E-state index contributed by atoms with van der Waals surface area (Å²) in [5.41, 5.74) is 1.03. The van der Waals surface area contributed by atoms with Gasteiger partial charge < -0.3 is 4.74 Å². The summed E-state index contributed by atoms with van der Waals surface area (Å²) in [6, 6.07) is 9.81. The lowest BCUT2D eigenvalue weighted by atomic mass is 10.2. The van der Waals surface area contributed by atoms with Crippen molar-refractivity contribution in [1.29, 1.82) is 0 Å². The molecule has 0 bridgehead atoms. The Labute approximate surface area is 105 Å². The highest BCUT2D eigenvalue weighted by atomic mass is 32.2. The van der Waals surface area contributed by atoms with Crippen LogP contribution in [0, 0.1) is 0 Å². The molecule has 0 unspecified atom stereocenters. The number of ether oxygens (including phenoxy) is 1. The first-order valence-corrected chi connectivity index (χ1v) is 6.40. The molecule has 90 valence electrons. The fraction of sp³-hybridized carbons (Fsp3) is 0.333. The molecule has 1 aliphatic heterocycles. The molecule has 0 N–H and O–H groups in total. The quantitative estimate of drug-likeness (QED) is 0.810. The fourth-order valence-electron chi connectivity index (χ4n) is 1.37. The van der Waals surface area contributed by atoms with Crippen molar-refractivity contribution >= 4 is 22.9 Å². The van der Waals surface area contributed by atoms with E-state index >= 15 is 0 Å². The van der Waals surface area contributed by atoms with E-state index in [0.29, 0.717) is 5.88 Å². The number of hydrogen-bond donors (Lipinski definition) is 0. The number of hydrogen-bond acceptors (Lipinski definition) is 4. The number of carbonyl (C=O) groups is 1. The molecule has 0 saturated heterocycles. The van der Waals surface area contributed by atoms with Gasteiger partial charge in [0.05, 0.1) is 12.0 Å². The summed E-state index contributed by atoms with van der Waals surface area (Å²) >= 11 is 1.53. The van der Waals surface area contributed by atoms with Crippen LogP contribution in [0.15, 0.2) is 35.4 Å². The molecule has 1 heterocycles. The molecule has 1 aromatic rings. The van der Waals surface area contributed by atoms with Crippen molar-refractivity contribution in [3.8, 4) is 0 Å². The number of hydrazone groups is 1. The summed E-state index contributed by atoms with van der Waals surface area (Å²) in [6.07, 6.45) is -0.512. The van der Waals surface area contributed by atoms with Crippen molar-refractivity contribution in [3.63, 3.8) is 0 Å². The first-order chi connectivity index (χ1) is 8.16. The lowest BCUT2D eigenvalue weighted by Crippen LogP contribution is -2.26. The molecule has 0 spiro atoms. The zero-order chi connectivity index (χ0) is 12.3. The Morgan fingerprint density at radius 2 is 2.12 bits per heavy atom. The molecule has 1 aliphatic rings. The average Bonchev–Trinajstić information content (AvgIpc) is 2.78. The fourth-order valence-corrected chi connectivity index (χ4v) is 2.23. The molecular formula is C12H14N2O2S. The highest BCUT2D eigenvalue weighted by Crippen LogP contribution is 2.23. The highest BCUT2D eigenvalue weighted by molar-refractivity contribution is 8.14. The van der Waals surface area contributed by atoms with Gasteiger partial charge in [-0.2, -0.15) is 10.1 Å². The maximum absolute atomic E-state index is 11.6. The highest BCUT2D eigenvalue weighted by Gasteiger charge is 2.23. The van der Waals surface area contributed by atoms with E-state index in [4.69, 9.17) is 4.74 Å². The zero-order valence-corrected chi connectivity index (χ0v) is 10.6. The van der Waals surface area contributed by atoms with Crippen LogP contribution in [0.2, 0.25) is 0 Å². The zero-order valence-electron chi connectivity index (χ0n) is 9.79. The van der Waals surface area contributed by atoms with Crippen molar-refractivity contribution in [3.05, 3.63) is 35.9 Å². The number of thioether (sulfide) groups is 1. The van der Waals surface area contributed by atoms with E-state index in [-0.39, 0.29) is 6.10 Å². The minimum atomic E-state index is -0.390. The van der Waals surface area contributed by atoms with Crippen LogP contribution in [0.3, 0.4) is 0 Å². The molecule has 0 saturated carbocycles. The molecule has 1 aromatic carbocycles. The SMILES string of the molecule is CC(C)OC(=O)N1CSC(c2ccccc2)=N1. The average molecular weight is 250 g/mol. The minimum absolute atomic E-state index is 0.122. The third-order valence-electron chi connectivity index (χ3n) is 2.10. The Bertz CT molecular complexity index is 431. The van der Waals surface area contributed by atoms with E-state index < -0.39 is 6.09 Å². The van der Waals surface area contributed by atoms with Crippen molar-refractivity contribution < 1.29 is 9.53 Å². The van der Waals surface area contributed by atoms with E-state index in [1.54, 1.807) is 0 Å². The molecule has 0 aliphatic carbocycles. The van der Waals surface area contributed by atoms with Crippen LogP contribution in [0.5, 0.6) is 0 Å². The van der Waals surface area contributed by atoms with Crippen LogP contribution in [0.4, 0.5) is 4.79 Å². The van der Waals surface area contributed by atoms with Crippen LogP contribution in [-0.2, 0) is 4.74 Å². The van der Waals surface area contributed by atoms with Crippen LogP contribution >= 0.6 is 11.8 Å². The van der Waals surface area contributed by atoms with E-state index in [0.717, 1.165) is 10.6 Å². The first-order valence-electron chi connectivity index (χ1n) is 5.42. The summed E-state index contributed by atoms with van der Waals surface area (Å²) < 4.78 is 5.08. The maximum Gasteiger partial charge on any atom is 0.431 e. The van der Waals surface area contributed by atoms with Crippen LogP contribution in [0.1, 0.15) is 19.4 Å². The number of amides is 1. The third-order valence-corrected chi connectivity index (χ3v) is 3.07. The van der Waals surface area contributed by atoms with E-state index in [1.165, 1.54) is 16.8 Å². The van der Waals surface area contributed by atoms with Crippen LogP contribution < -0.4 is 0 Å². The summed E-state index contributed by atoms with van der Waals surface area (Å²) in [7, 11) is 0. The molecule has 0 fully saturated rings. The molecule has 5 heteroatoms. The third kappa shape index (κ3) is 3.00. The molecule has 1 amide bonds. The van der Waals surface area contributed by atoms with Crippen LogP contribution in [-0.4, -0.2) is 28.1 Å². The molecule has 4 nitrogen and oxygen atoms in total. The van der Waals surface area contributed by atoms with Gasteiger partial charge in [-0.1, -0.05) is 42.1 Å². The summed E-state index contributed by atoms with van der Waals surface area (Å²) in [6.45, 7) is 3.64. The topological polar surface area (TPSA) is 41.9 Å². The van der Waals surface area contributed by atoms with Gasteiger partial charge in [0, 0.05) is 5.56 Å². The van der Waals surface area contributed by atoms with Gasteiger partial charge in [0.25, 0.3) is 0 Å². The second kappa shape index (κ2) is 5.23. The maximum atomic E-state index is 11.6. The molecule has 0 aromatic heterocycles. The Hall–Kier alpha value is -1.49. The van der Waals surface area contributed by atoms with E-state index in [1.807, 2.05) is 44.2 Å². The number of benzene rings is 1. The van der Waals surface area contributed by atoms with Crippen molar-refractivity contribution in [2.45, 2.75) is 20.0 Å². The number of rotatable bonds is 2. The first kappa shape index (κ1) is 12.0. The second-order valence-corrected chi connectivity index (χ2v) is 4.81. The Kier molecular flexibility index (Phi) is 3.68. The van der Waals surface area contributed by atoms with Gasteiger partial charge in [-0.3, -0.25) is 0 Å². The van der Waals surface area contributed by atoms with E-state index in [2.05, 4.69) is 5.10 Å². The number of carbonyl (C=O) groups excluding carboxylic acids is 1.